The van der Waals surface area contributed by atoms with E-state index in [0.29, 0.717) is 0 Å². The molecule has 0 atom stereocenters. The summed E-state index contributed by atoms with van der Waals surface area (Å²) in [4.78, 5) is 0. The summed E-state index contributed by atoms with van der Waals surface area (Å²) in [7, 11) is 0. The first-order valence-electron chi connectivity index (χ1n) is 4.58. The Kier molecular flexibility index (Phi) is 1.30. The average Bonchev–Trinajstić information content (AvgIpc) is 2.44. The molecule has 1 aliphatic rings. The predicted octanol–water partition coefficient (Wildman–Crippen LogP) is 2.52. The highest BCUT2D eigenvalue weighted by atomic mass is 15.1. The van der Waals surface area contributed by atoms with E-state index >= 15 is 0 Å². The summed E-state index contributed by atoms with van der Waals surface area (Å²) >= 11 is 0. The minimum absolute atomic E-state index is 1.07. The van der Waals surface area contributed by atoms with Gasteiger partial charge in [0.15, 0.2) is 0 Å². The highest BCUT2D eigenvalue weighted by molar-refractivity contribution is 5.90. The molecule has 0 aliphatic heterocycles. The molecule has 3 rings (SSSR count). The number of hydrogen-bond acceptors (Lipinski definition) is 1. The maximum absolute atomic E-state index is 4.27. The summed E-state index contributed by atoms with van der Waals surface area (Å²) in [5.74, 6) is 0. The van der Waals surface area contributed by atoms with E-state index in [0.717, 1.165) is 18.4 Å². The van der Waals surface area contributed by atoms with Crippen LogP contribution in [-0.4, -0.2) is 10.2 Å². The molecule has 0 saturated heterocycles. The van der Waals surface area contributed by atoms with Crippen LogP contribution in [0.5, 0.6) is 0 Å². The molecule has 2 nitrogen and oxygen atoms in total. The molecule has 2 aromatic rings. The summed E-state index contributed by atoms with van der Waals surface area (Å²) in [6.45, 7) is 0. The standard InChI is InChI=1S/C11H10N2/c1-2-6-9-11-8(4-1)5-3-7-10(11)13-12-9/h1,3-5,7H,2,6H2,(H,12,13). The van der Waals surface area contributed by atoms with Gasteiger partial charge in [0.05, 0.1) is 5.52 Å². The van der Waals surface area contributed by atoms with E-state index in [2.05, 4.69) is 40.5 Å². The summed E-state index contributed by atoms with van der Waals surface area (Å²) in [6, 6.07) is 6.25. The van der Waals surface area contributed by atoms with Crippen molar-refractivity contribution in [2.75, 3.05) is 0 Å². The van der Waals surface area contributed by atoms with Crippen LogP contribution in [-0.2, 0) is 6.42 Å². The molecule has 0 spiro atoms. The molecular weight excluding hydrogens is 160 g/mol. The average molecular weight is 170 g/mol. The molecule has 0 fully saturated rings. The number of aromatic amines is 1. The van der Waals surface area contributed by atoms with Gasteiger partial charge in [-0.1, -0.05) is 24.3 Å². The highest BCUT2D eigenvalue weighted by Crippen LogP contribution is 2.25. The van der Waals surface area contributed by atoms with Crippen LogP contribution in [0.2, 0.25) is 0 Å². The smallest absolute Gasteiger partial charge is 0.0929 e. The Morgan fingerprint density at radius 2 is 2.31 bits per heavy atom. The number of allylic oxidation sites excluding steroid dienone is 1. The molecule has 0 radical (unpaired) electrons. The quantitative estimate of drug-likeness (QED) is 0.646. The van der Waals surface area contributed by atoms with Crippen LogP contribution < -0.4 is 0 Å². The molecule has 1 N–H and O–H groups in total. The zero-order valence-electron chi connectivity index (χ0n) is 7.25. The van der Waals surface area contributed by atoms with Crippen LogP contribution in [0.3, 0.4) is 0 Å². The van der Waals surface area contributed by atoms with Crippen molar-refractivity contribution < 1.29 is 0 Å². The number of hydrogen-bond donors (Lipinski definition) is 1. The maximum atomic E-state index is 4.27. The molecule has 1 aromatic heterocycles. The molecule has 0 saturated carbocycles. The maximum Gasteiger partial charge on any atom is 0.0929 e. The summed E-state index contributed by atoms with van der Waals surface area (Å²) in [5.41, 5.74) is 3.65. The van der Waals surface area contributed by atoms with Gasteiger partial charge in [0.2, 0.25) is 0 Å². The molecule has 0 bridgehead atoms. The fourth-order valence-electron chi connectivity index (χ4n) is 1.92. The molecular formula is C11H10N2. The zero-order chi connectivity index (χ0) is 8.67. The first-order valence-corrected chi connectivity index (χ1v) is 4.58. The van der Waals surface area contributed by atoms with Crippen molar-refractivity contribution in [1.82, 2.24) is 10.2 Å². The van der Waals surface area contributed by atoms with Gasteiger partial charge in [-0.3, -0.25) is 5.10 Å². The summed E-state index contributed by atoms with van der Waals surface area (Å²) < 4.78 is 0. The van der Waals surface area contributed by atoms with Gasteiger partial charge in [0, 0.05) is 11.1 Å². The summed E-state index contributed by atoms with van der Waals surface area (Å²) in [6.07, 6.45) is 6.59. The fraction of sp³-hybridized carbons (Fsp3) is 0.182. The van der Waals surface area contributed by atoms with Gasteiger partial charge in [-0.15, -0.1) is 0 Å². The van der Waals surface area contributed by atoms with Gasteiger partial charge in [-0.05, 0) is 24.5 Å². The van der Waals surface area contributed by atoms with Crippen molar-refractivity contribution in [3.8, 4) is 0 Å². The van der Waals surface area contributed by atoms with Crippen LogP contribution >= 0.6 is 0 Å². The first-order chi connectivity index (χ1) is 6.45. The lowest BCUT2D eigenvalue weighted by atomic mass is 10.1. The Morgan fingerprint density at radius 1 is 1.31 bits per heavy atom. The number of benzene rings is 1. The molecule has 13 heavy (non-hydrogen) atoms. The topological polar surface area (TPSA) is 28.7 Å². The lowest BCUT2D eigenvalue weighted by Gasteiger charge is -1.95. The number of nitrogens with one attached hydrogen (secondary N) is 1. The normalized spacial score (nSPS) is 14.8. The zero-order valence-corrected chi connectivity index (χ0v) is 7.25. The molecule has 0 amide bonds. The molecule has 2 heteroatoms. The van der Waals surface area contributed by atoms with Gasteiger partial charge in [-0.25, -0.2) is 0 Å². The number of nitrogens with zero attached hydrogens (tertiary/aromatic N) is 1. The highest BCUT2D eigenvalue weighted by Gasteiger charge is 2.09. The van der Waals surface area contributed by atoms with Crippen molar-refractivity contribution in [2.45, 2.75) is 12.8 Å². The van der Waals surface area contributed by atoms with E-state index in [1.807, 2.05) is 0 Å². The van der Waals surface area contributed by atoms with Gasteiger partial charge in [0.1, 0.15) is 0 Å². The molecule has 1 aromatic carbocycles. The number of rotatable bonds is 0. The Balaban J connectivity index is 2.48. The fourth-order valence-corrected chi connectivity index (χ4v) is 1.92. The monoisotopic (exact) mass is 170 g/mol. The first kappa shape index (κ1) is 6.89. The predicted molar refractivity (Wildman–Crippen MR) is 53.4 cm³/mol. The van der Waals surface area contributed by atoms with E-state index in [4.69, 9.17) is 0 Å². The third-order valence-corrected chi connectivity index (χ3v) is 2.55. The Morgan fingerprint density at radius 3 is 3.31 bits per heavy atom. The minimum atomic E-state index is 1.07. The van der Waals surface area contributed by atoms with Crippen LogP contribution in [0.15, 0.2) is 24.3 Å². The second-order valence-corrected chi connectivity index (χ2v) is 3.38. The Labute approximate surface area is 76.3 Å². The lowest BCUT2D eigenvalue weighted by molar-refractivity contribution is 0.929. The van der Waals surface area contributed by atoms with E-state index < -0.39 is 0 Å². The molecule has 0 unspecified atom stereocenters. The molecule has 64 valence electrons. The van der Waals surface area contributed by atoms with Gasteiger partial charge >= 0.3 is 0 Å². The SMILES string of the molecule is C1=Cc2cccc3n[nH]c(c23)CC1. The van der Waals surface area contributed by atoms with Gasteiger partial charge in [0.25, 0.3) is 0 Å². The number of aromatic nitrogens is 2. The van der Waals surface area contributed by atoms with Gasteiger partial charge < -0.3 is 0 Å². The van der Waals surface area contributed by atoms with Crippen LogP contribution in [0, 0.1) is 0 Å². The van der Waals surface area contributed by atoms with Crippen molar-refractivity contribution in [2.24, 2.45) is 0 Å². The van der Waals surface area contributed by atoms with Crippen molar-refractivity contribution in [3.63, 3.8) is 0 Å². The molecule has 1 aliphatic carbocycles. The second kappa shape index (κ2) is 2.46. The van der Waals surface area contributed by atoms with E-state index in [9.17, 15) is 0 Å². The van der Waals surface area contributed by atoms with Crippen LogP contribution in [0.25, 0.3) is 17.0 Å². The third-order valence-electron chi connectivity index (χ3n) is 2.55. The lowest BCUT2D eigenvalue weighted by Crippen LogP contribution is -1.82. The van der Waals surface area contributed by atoms with Crippen LogP contribution in [0.1, 0.15) is 17.7 Å². The number of H-pyrrole nitrogens is 1. The number of aryl methyl sites for hydroxylation is 1. The van der Waals surface area contributed by atoms with Crippen molar-refractivity contribution >= 4 is 17.0 Å². The van der Waals surface area contributed by atoms with Crippen molar-refractivity contribution in [1.29, 1.82) is 0 Å². The Hall–Kier alpha value is -1.57. The third kappa shape index (κ3) is 0.917. The van der Waals surface area contributed by atoms with E-state index in [-0.39, 0.29) is 0 Å². The Bertz CT molecular complexity index is 480. The van der Waals surface area contributed by atoms with Gasteiger partial charge in [-0.2, -0.15) is 5.10 Å². The second-order valence-electron chi connectivity index (χ2n) is 3.38. The van der Waals surface area contributed by atoms with Crippen LogP contribution in [0.4, 0.5) is 0 Å². The van der Waals surface area contributed by atoms with E-state index in [1.165, 1.54) is 16.6 Å². The van der Waals surface area contributed by atoms with Crippen molar-refractivity contribution in [3.05, 3.63) is 35.5 Å². The van der Waals surface area contributed by atoms with E-state index in [1.54, 1.807) is 0 Å². The minimum Gasteiger partial charge on any atom is -0.281 e. The molecule has 1 heterocycles. The largest absolute Gasteiger partial charge is 0.281 e. The summed E-state index contributed by atoms with van der Waals surface area (Å²) in [5, 5.41) is 8.68.